The summed E-state index contributed by atoms with van der Waals surface area (Å²) in [6, 6.07) is 14.8. The Labute approximate surface area is 154 Å². The highest BCUT2D eigenvalue weighted by molar-refractivity contribution is 6.04. The van der Waals surface area contributed by atoms with Crippen molar-refractivity contribution >= 4 is 23.2 Å². The highest BCUT2D eigenvalue weighted by atomic mass is 16.2. The number of hydrogen-bond acceptors (Lipinski definition) is 3. The number of amides is 2. The van der Waals surface area contributed by atoms with Gasteiger partial charge in [-0.3, -0.25) is 9.59 Å². The van der Waals surface area contributed by atoms with Crippen molar-refractivity contribution in [2.24, 2.45) is 11.8 Å². The summed E-state index contributed by atoms with van der Waals surface area (Å²) in [5.74, 6) is 0.502. The Bertz CT molecular complexity index is 786. The summed E-state index contributed by atoms with van der Waals surface area (Å²) in [4.78, 5) is 24.4. The molecule has 0 saturated heterocycles. The van der Waals surface area contributed by atoms with Gasteiger partial charge < -0.3 is 16.0 Å². The number of rotatable bonds is 7. The molecule has 1 saturated carbocycles. The van der Waals surface area contributed by atoms with Gasteiger partial charge in [0.2, 0.25) is 5.91 Å². The van der Waals surface area contributed by atoms with E-state index in [2.05, 4.69) is 29.8 Å². The molecule has 5 heteroatoms. The van der Waals surface area contributed by atoms with E-state index in [9.17, 15) is 9.59 Å². The van der Waals surface area contributed by atoms with E-state index < -0.39 is 0 Å². The maximum atomic E-state index is 12.4. The van der Waals surface area contributed by atoms with Crippen molar-refractivity contribution in [3.05, 3.63) is 59.7 Å². The van der Waals surface area contributed by atoms with Crippen LogP contribution in [-0.4, -0.2) is 18.4 Å². The molecule has 2 atom stereocenters. The normalized spacial score (nSPS) is 18.2. The summed E-state index contributed by atoms with van der Waals surface area (Å²) in [5.41, 5.74) is 3.17. The summed E-state index contributed by atoms with van der Waals surface area (Å²) in [7, 11) is 0. The van der Waals surface area contributed by atoms with Gasteiger partial charge in [-0.1, -0.05) is 26.0 Å². The number of nitrogens with one attached hydrogen (secondary N) is 3. The zero-order chi connectivity index (χ0) is 18.5. The predicted molar refractivity (Wildman–Crippen MR) is 104 cm³/mol. The average molecular weight is 351 g/mol. The predicted octanol–water partition coefficient (Wildman–Crippen LogP) is 3.64. The number of hydrogen-bond donors (Lipinski definition) is 3. The molecule has 136 valence electrons. The van der Waals surface area contributed by atoms with E-state index in [-0.39, 0.29) is 17.7 Å². The third kappa shape index (κ3) is 4.70. The molecule has 1 fully saturated rings. The largest absolute Gasteiger partial charge is 0.326 e. The number of benzene rings is 2. The molecule has 3 rings (SSSR count). The third-order valence-electron chi connectivity index (χ3n) is 4.62. The van der Waals surface area contributed by atoms with Gasteiger partial charge in [0.15, 0.2) is 0 Å². The van der Waals surface area contributed by atoms with Gasteiger partial charge in [-0.15, -0.1) is 0 Å². The molecule has 26 heavy (non-hydrogen) atoms. The van der Waals surface area contributed by atoms with Crippen molar-refractivity contribution in [2.45, 2.75) is 26.8 Å². The van der Waals surface area contributed by atoms with Crippen LogP contribution < -0.4 is 16.0 Å². The highest BCUT2D eigenvalue weighted by Crippen LogP contribution is 2.38. The van der Waals surface area contributed by atoms with E-state index in [1.165, 1.54) is 0 Å². The molecule has 2 amide bonds. The molecule has 0 aliphatic heterocycles. The molecule has 0 aromatic heterocycles. The molecule has 1 aliphatic rings. The smallest absolute Gasteiger partial charge is 0.255 e. The van der Waals surface area contributed by atoms with Gasteiger partial charge in [0.25, 0.3) is 5.91 Å². The second-order valence-corrected chi connectivity index (χ2v) is 6.82. The average Bonchev–Trinajstić information content (AvgIpc) is 3.38. The molecule has 2 unspecified atom stereocenters. The van der Waals surface area contributed by atoms with Gasteiger partial charge >= 0.3 is 0 Å². The molecule has 0 spiro atoms. The molecular formula is C21H25N3O2. The molecule has 2 aromatic carbocycles. The topological polar surface area (TPSA) is 70.2 Å². The summed E-state index contributed by atoms with van der Waals surface area (Å²) >= 11 is 0. The van der Waals surface area contributed by atoms with E-state index in [1.807, 2.05) is 24.3 Å². The van der Waals surface area contributed by atoms with Crippen LogP contribution in [0.1, 0.15) is 36.2 Å². The van der Waals surface area contributed by atoms with Crippen LogP contribution >= 0.6 is 0 Å². The first-order chi connectivity index (χ1) is 12.6. The van der Waals surface area contributed by atoms with E-state index in [1.54, 1.807) is 24.3 Å². The summed E-state index contributed by atoms with van der Waals surface area (Å²) < 4.78 is 0. The van der Waals surface area contributed by atoms with Crippen LogP contribution in [0.25, 0.3) is 0 Å². The summed E-state index contributed by atoms with van der Waals surface area (Å²) in [6.45, 7) is 5.81. The van der Waals surface area contributed by atoms with E-state index in [0.29, 0.717) is 11.5 Å². The Kier molecular flexibility index (Phi) is 5.68. The Morgan fingerprint density at radius 2 is 1.77 bits per heavy atom. The molecule has 1 aliphatic carbocycles. The lowest BCUT2D eigenvalue weighted by Gasteiger charge is -2.09. The Balaban J connectivity index is 1.58. The Morgan fingerprint density at radius 1 is 1.04 bits per heavy atom. The molecule has 0 radical (unpaired) electrons. The lowest BCUT2D eigenvalue weighted by molar-refractivity contribution is -0.117. The number of anilines is 2. The first-order valence-corrected chi connectivity index (χ1v) is 9.08. The van der Waals surface area contributed by atoms with Crippen molar-refractivity contribution in [3.63, 3.8) is 0 Å². The minimum Gasteiger partial charge on any atom is -0.326 e. The van der Waals surface area contributed by atoms with Crippen molar-refractivity contribution < 1.29 is 9.59 Å². The third-order valence-corrected chi connectivity index (χ3v) is 4.62. The standard InChI is InChI=1S/C21H25N3O2/c1-3-22-13-15-5-4-6-18(12-15)24-20(25)16-7-9-17(10-8-16)23-21(26)19-11-14(19)2/h4-10,12,14,19,22H,3,11,13H2,1-2H3,(H,23,26)(H,24,25). The Hall–Kier alpha value is -2.66. The van der Waals surface area contributed by atoms with Crippen molar-refractivity contribution in [2.75, 3.05) is 17.2 Å². The summed E-state index contributed by atoms with van der Waals surface area (Å²) in [5, 5.41) is 9.08. The molecule has 3 N–H and O–H groups in total. The molecule has 2 aromatic rings. The van der Waals surface area contributed by atoms with Gasteiger partial charge in [0, 0.05) is 29.4 Å². The second-order valence-electron chi connectivity index (χ2n) is 6.82. The molecule has 5 nitrogen and oxygen atoms in total. The van der Waals surface area contributed by atoms with Gasteiger partial charge in [-0.25, -0.2) is 0 Å². The molecular weight excluding hydrogens is 326 g/mol. The van der Waals surface area contributed by atoms with Crippen LogP contribution in [0.5, 0.6) is 0 Å². The highest BCUT2D eigenvalue weighted by Gasteiger charge is 2.39. The van der Waals surface area contributed by atoms with Crippen LogP contribution in [0.3, 0.4) is 0 Å². The van der Waals surface area contributed by atoms with Crippen LogP contribution in [0, 0.1) is 11.8 Å². The fourth-order valence-electron chi connectivity index (χ4n) is 2.86. The number of carbonyl (C=O) groups excluding carboxylic acids is 2. The monoisotopic (exact) mass is 351 g/mol. The fourth-order valence-corrected chi connectivity index (χ4v) is 2.86. The van der Waals surface area contributed by atoms with Crippen molar-refractivity contribution in [1.29, 1.82) is 0 Å². The van der Waals surface area contributed by atoms with E-state index in [4.69, 9.17) is 0 Å². The fraction of sp³-hybridized carbons (Fsp3) is 0.333. The molecule has 0 heterocycles. The first kappa shape index (κ1) is 18.1. The van der Waals surface area contributed by atoms with E-state index in [0.717, 1.165) is 36.4 Å². The lowest BCUT2D eigenvalue weighted by atomic mass is 10.1. The minimum atomic E-state index is -0.167. The van der Waals surface area contributed by atoms with Gasteiger partial charge in [-0.05, 0) is 60.8 Å². The maximum absolute atomic E-state index is 12.4. The zero-order valence-corrected chi connectivity index (χ0v) is 15.2. The van der Waals surface area contributed by atoms with Crippen LogP contribution in [-0.2, 0) is 11.3 Å². The quantitative estimate of drug-likeness (QED) is 0.713. The number of carbonyl (C=O) groups is 2. The lowest BCUT2D eigenvalue weighted by Crippen LogP contribution is -2.15. The summed E-state index contributed by atoms with van der Waals surface area (Å²) in [6.07, 6.45) is 0.958. The Morgan fingerprint density at radius 3 is 2.42 bits per heavy atom. The van der Waals surface area contributed by atoms with Crippen LogP contribution in [0.2, 0.25) is 0 Å². The van der Waals surface area contributed by atoms with E-state index >= 15 is 0 Å². The second kappa shape index (κ2) is 8.15. The van der Waals surface area contributed by atoms with Crippen LogP contribution in [0.15, 0.2) is 48.5 Å². The van der Waals surface area contributed by atoms with Gasteiger partial charge in [0.1, 0.15) is 0 Å². The van der Waals surface area contributed by atoms with Crippen molar-refractivity contribution in [1.82, 2.24) is 5.32 Å². The van der Waals surface area contributed by atoms with Crippen molar-refractivity contribution in [3.8, 4) is 0 Å². The first-order valence-electron chi connectivity index (χ1n) is 9.08. The molecule has 0 bridgehead atoms. The maximum Gasteiger partial charge on any atom is 0.255 e. The zero-order valence-electron chi connectivity index (χ0n) is 15.2. The van der Waals surface area contributed by atoms with Gasteiger partial charge in [-0.2, -0.15) is 0 Å². The van der Waals surface area contributed by atoms with Gasteiger partial charge in [0.05, 0.1) is 0 Å². The minimum absolute atomic E-state index is 0.0622. The SMILES string of the molecule is CCNCc1cccc(NC(=O)c2ccc(NC(=O)C3CC3C)cc2)c1. The van der Waals surface area contributed by atoms with Crippen LogP contribution in [0.4, 0.5) is 11.4 Å².